The van der Waals surface area contributed by atoms with Crippen molar-refractivity contribution < 1.29 is 54.4 Å². The first-order valence-corrected chi connectivity index (χ1v) is 18.4. The number of carboxylic acid groups (broad SMARTS) is 2. The van der Waals surface area contributed by atoms with Crippen LogP contribution >= 0.6 is 0 Å². The number of aromatic amines is 2. The van der Waals surface area contributed by atoms with Crippen molar-refractivity contribution in [3.8, 4) is 44.5 Å². The summed E-state index contributed by atoms with van der Waals surface area (Å²) in [6.07, 6.45) is 0. The Morgan fingerprint density at radius 2 is 0.656 bits per heavy atom. The van der Waals surface area contributed by atoms with E-state index < -0.39 is 35.2 Å². The molecule has 8 rings (SSSR count). The van der Waals surface area contributed by atoms with Crippen molar-refractivity contribution in [2.24, 2.45) is 0 Å². The Kier molecular flexibility index (Phi) is 16.6. The third kappa shape index (κ3) is 13.0. The van der Waals surface area contributed by atoms with Crippen LogP contribution in [0.4, 0.5) is 17.6 Å². The van der Waals surface area contributed by atoms with E-state index in [1.807, 2.05) is 39.8 Å². The Labute approximate surface area is 360 Å². The SMILES string of the molecule is Cc1cc(C)[nH]n1.Cc1cc(C)[nH]n1.O=C([O-])c1c(-c2ccc(F)cc2)cccc1-c1ccc(F)cc1.O=C([O-])c1c(-c2ccc(F)cc2)cccc1-c1ccc(F)cc1.[Fe+2]. The molecule has 2 heterocycles. The quantitative estimate of drug-likeness (QED) is 0.126. The van der Waals surface area contributed by atoms with E-state index in [9.17, 15) is 37.4 Å². The van der Waals surface area contributed by atoms with Crippen molar-refractivity contribution in [2.45, 2.75) is 27.7 Å². The summed E-state index contributed by atoms with van der Waals surface area (Å²) in [6, 6.07) is 36.1. The fraction of sp³-hybridized carbons (Fsp3) is 0.0833. The third-order valence-electron chi connectivity index (χ3n) is 8.83. The van der Waals surface area contributed by atoms with Crippen LogP contribution in [-0.2, 0) is 17.1 Å². The van der Waals surface area contributed by atoms with E-state index in [1.165, 1.54) is 97.1 Å². The fourth-order valence-electron chi connectivity index (χ4n) is 6.13. The maximum atomic E-state index is 13.1. The molecule has 310 valence electrons. The molecule has 0 saturated heterocycles. The molecule has 13 heteroatoms. The molecular weight excluding hydrogens is 828 g/mol. The predicted molar refractivity (Wildman–Crippen MR) is 219 cm³/mol. The molecule has 0 fully saturated rings. The number of aromatic nitrogens is 4. The zero-order valence-corrected chi connectivity index (χ0v) is 34.4. The van der Waals surface area contributed by atoms with E-state index >= 15 is 0 Å². The number of benzene rings is 6. The van der Waals surface area contributed by atoms with Crippen molar-refractivity contribution in [3.05, 3.63) is 203 Å². The van der Waals surface area contributed by atoms with Gasteiger partial charge in [-0.3, -0.25) is 10.2 Å². The average molecular weight is 867 g/mol. The first-order valence-electron chi connectivity index (χ1n) is 18.4. The maximum absolute atomic E-state index is 13.1. The topological polar surface area (TPSA) is 138 Å². The molecule has 0 aliphatic rings. The molecule has 0 radical (unpaired) electrons. The van der Waals surface area contributed by atoms with Crippen LogP contribution in [0.5, 0.6) is 0 Å². The average Bonchev–Trinajstić information content (AvgIpc) is 3.82. The second kappa shape index (κ2) is 21.8. The molecule has 0 saturated carbocycles. The van der Waals surface area contributed by atoms with Gasteiger partial charge in [-0.2, -0.15) is 10.2 Å². The molecule has 0 unspecified atom stereocenters. The number of carboxylic acids is 2. The number of nitrogens with one attached hydrogen (secondary N) is 2. The molecule has 0 aliphatic carbocycles. The number of carbonyl (C=O) groups is 2. The number of aromatic carboxylic acids is 2. The first-order chi connectivity index (χ1) is 28.7. The summed E-state index contributed by atoms with van der Waals surface area (Å²) >= 11 is 0. The van der Waals surface area contributed by atoms with Gasteiger partial charge in [0.15, 0.2) is 0 Å². The predicted octanol–water partition coefficient (Wildman–Crippen LogP) is 9.38. The molecule has 2 aromatic heterocycles. The minimum atomic E-state index is -1.34. The van der Waals surface area contributed by atoms with Gasteiger partial charge >= 0.3 is 17.1 Å². The summed E-state index contributed by atoms with van der Waals surface area (Å²) < 4.78 is 52.3. The van der Waals surface area contributed by atoms with Crippen molar-refractivity contribution >= 4 is 11.9 Å². The monoisotopic (exact) mass is 866 g/mol. The van der Waals surface area contributed by atoms with Gasteiger partial charge < -0.3 is 19.8 Å². The van der Waals surface area contributed by atoms with E-state index in [0.29, 0.717) is 44.5 Å². The Morgan fingerprint density at radius 3 is 0.803 bits per heavy atom. The molecule has 0 spiro atoms. The van der Waals surface area contributed by atoms with Crippen LogP contribution in [0.25, 0.3) is 44.5 Å². The molecule has 0 amide bonds. The van der Waals surface area contributed by atoms with E-state index in [2.05, 4.69) is 20.4 Å². The van der Waals surface area contributed by atoms with Crippen LogP contribution in [0.2, 0.25) is 0 Å². The van der Waals surface area contributed by atoms with Gasteiger partial charge in [-0.05, 0) is 133 Å². The van der Waals surface area contributed by atoms with Gasteiger partial charge in [0.2, 0.25) is 0 Å². The smallest absolute Gasteiger partial charge is 0.545 e. The van der Waals surface area contributed by atoms with Crippen LogP contribution in [0, 0.1) is 51.0 Å². The van der Waals surface area contributed by atoms with Gasteiger partial charge in [-0.15, -0.1) is 0 Å². The van der Waals surface area contributed by atoms with Gasteiger partial charge in [0.1, 0.15) is 23.3 Å². The maximum Gasteiger partial charge on any atom is 2.00 e. The summed E-state index contributed by atoms with van der Waals surface area (Å²) in [6.45, 7) is 7.90. The normalized spacial score (nSPS) is 10.1. The standard InChI is InChI=1S/2C19H12F2O2.2C5H8N2.Fe/c2*20-14-8-4-12(5-9-14)16-2-1-3-17(18(16)19(22)23)13-6-10-15(21)11-7-13;2*1-4-3-5(2)7-6-4;/h2*1-11H,(H,22,23);2*3H,1-2H3,(H,6,7);/q;;;;+2/p-2. The number of nitrogens with zero attached hydrogens (tertiary/aromatic N) is 2. The first kappa shape index (κ1) is 46.6. The number of aryl methyl sites for hydroxylation is 4. The number of hydrogen-bond acceptors (Lipinski definition) is 6. The summed E-state index contributed by atoms with van der Waals surface area (Å²) in [5.74, 6) is -4.30. The fourth-order valence-corrected chi connectivity index (χ4v) is 6.13. The molecule has 8 nitrogen and oxygen atoms in total. The minimum absolute atomic E-state index is 0. The number of carbonyl (C=O) groups excluding carboxylic acids is 2. The zero-order chi connectivity index (χ0) is 43.3. The second-order valence-corrected chi connectivity index (χ2v) is 13.4. The van der Waals surface area contributed by atoms with Crippen molar-refractivity contribution in [3.63, 3.8) is 0 Å². The minimum Gasteiger partial charge on any atom is -0.545 e. The second-order valence-electron chi connectivity index (χ2n) is 13.4. The Morgan fingerprint density at radius 1 is 0.426 bits per heavy atom. The van der Waals surface area contributed by atoms with Gasteiger partial charge in [-0.25, -0.2) is 17.6 Å². The summed E-state index contributed by atoms with van der Waals surface area (Å²) in [4.78, 5) is 23.3. The van der Waals surface area contributed by atoms with Gasteiger partial charge in [-0.1, -0.05) is 84.9 Å². The Hall–Kier alpha value is -7.08. The molecule has 8 aromatic rings. The van der Waals surface area contributed by atoms with Crippen LogP contribution < -0.4 is 10.2 Å². The number of rotatable bonds is 6. The van der Waals surface area contributed by atoms with Crippen LogP contribution in [-0.4, -0.2) is 32.3 Å². The van der Waals surface area contributed by atoms with Crippen molar-refractivity contribution in [1.82, 2.24) is 20.4 Å². The summed E-state index contributed by atoms with van der Waals surface area (Å²) in [7, 11) is 0. The van der Waals surface area contributed by atoms with Gasteiger partial charge in [0, 0.05) is 22.5 Å². The largest absolute Gasteiger partial charge is 2.00 e. The van der Waals surface area contributed by atoms with Crippen LogP contribution in [0.15, 0.2) is 146 Å². The number of hydrogen-bond donors (Lipinski definition) is 2. The zero-order valence-electron chi connectivity index (χ0n) is 33.2. The third-order valence-corrected chi connectivity index (χ3v) is 8.83. The van der Waals surface area contributed by atoms with Crippen molar-refractivity contribution in [2.75, 3.05) is 0 Å². The molecule has 6 aromatic carbocycles. The Balaban J connectivity index is 0.000000202. The van der Waals surface area contributed by atoms with Crippen LogP contribution in [0.3, 0.4) is 0 Å². The molecule has 2 N–H and O–H groups in total. The molecule has 0 atom stereocenters. The molecular formula is C48H38F4FeN4O4. The van der Waals surface area contributed by atoms with E-state index in [4.69, 9.17) is 0 Å². The molecule has 0 bridgehead atoms. The Bertz CT molecular complexity index is 2340. The van der Waals surface area contributed by atoms with E-state index in [0.717, 1.165) is 22.8 Å². The van der Waals surface area contributed by atoms with E-state index in [1.54, 1.807) is 36.4 Å². The summed E-state index contributed by atoms with van der Waals surface area (Å²) in [5, 5.41) is 36.7. The van der Waals surface area contributed by atoms with E-state index in [-0.39, 0.29) is 28.2 Å². The van der Waals surface area contributed by atoms with Crippen LogP contribution in [0.1, 0.15) is 43.5 Å². The number of H-pyrrole nitrogens is 2. The van der Waals surface area contributed by atoms with Gasteiger partial charge in [0.25, 0.3) is 0 Å². The van der Waals surface area contributed by atoms with Crippen molar-refractivity contribution in [1.29, 1.82) is 0 Å². The molecule has 0 aliphatic heterocycles. The van der Waals surface area contributed by atoms with Gasteiger partial charge in [0.05, 0.1) is 23.3 Å². The summed E-state index contributed by atoms with van der Waals surface area (Å²) in [5.41, 5.74) is 8.28. The number of halogens is 4. The molecule has 61 heavy (non-hydrogen) atoms.